The van der Waals surface area contributed by atoms with Gasteiger partial charge in [-0.2, -0.15) is 19.0 Å². The van der Waals surface area contributed by atoms with Gasteiger partial charge in [0, 0.05) is 33.9 Å². The molecule has 1 aromatic carbocycles. The van der Waals surface area contributed by atoms with Crippen LogP contribution < -0.4 is 11.4 Å². The number of halogens is 2. The van der Waals surface area contributed by atoms with Crippen molar-refractivity contribution in [2.45, 2.75) is 13.0 Å². The molecule has 0 spiro atoms. The second kappa shape index (κ2) is 8.51. The first-order chi connectivity index (χ1) is 14.5. The van der Waals surface area contributed by atoms with Gasteiger partial charge in [0.25, 0.3) is 6.08 Å². The Morgan fingerprint density at radius 3 is 2.73 bits per heavy atom. The minimum absolute atomic E-state index is 0.185. The van der Waals surface area contributed by atoms with Gasteiger partial charge in [0.1, 0.15) is 12.2 Å². The molecule has 0 aliphatic rings. The fraction of sp³-hybridized carbons (Fsp3) is 0.158. The molecule has 30 heavy (non-hydrogen) atoms. The number of hydrogen-bond donors (Lipinski definition) is 3. The van der Waals surface area contributed by atoms with Crippen molar-refractivity contribution in [2.24, 2.45) is 5.73 Å². The van der Waals surface area contributed by atoms with Crippen molar-refractivity contribution in [1.82, 2.24) is 29.9 Å². The topological polar surface area (TPSA) is 118 Å². The summed E-state index contributed by atoms with van der Waals surface area (Å²) in [7, 11) is 0. The summed E-state index contributed by atoms with van der Waals surface area (Å²) < 4.78 is 27.2. The molecule has 0 radical (unpaired) electrons. The van der Waals surface area contributed by atoms with Crippen molar-refractivity contribution in [3.05, 3.63) is 75.6 Å². The predicted molar refractivity (Wildman–Crippen MR) is 109 cm³/mol. The maximum absolute atomic E-state index is 12.9. The Labute approximate surface area is 173 Å². The van der Waals surface area contributed by atoms with E-state index in [1.54, 1.807) is 0 Å². The second-order valence-electron chi connectivity index (χ2n) is 6.46. The molecule has 0 atom stereocenters. The van der Waals surface area contributed by atoms with Crippen molar-refractivity contribution in [3.8, 4) is 21.8 Å². The minimum Gasteiger partial charge on any atom is -0.327 e. The number of H-pyrrole nitrogens is 2. The van der Waals surface area contributed by atoms with E-state index in [0.717, 1.165) is 20.9 Å². The molecular weight excluding hydrogens is 412 g/mol. The molecule has 0 amide bonds. The number of benzene rings is 1. The van der Waals surface area contributed by atoms with Crippen molar-refractivity contribution < 1.29 is 8.78 Å². The molecule has 0 saturated heterocycles. The smallest absolute Gasteiger partial charge is 0.327 e. The average Bonchev–Trinajstić information content (AvgIpc) is 3.50. The molecule has 3 aromatic heterocycles. The zero-order valence-electron chi connectivity index (χ0n) is 15.6. The number of rotatable bonds is 7. The largest absolute Gasteiger partial charge is 0.343 e. The van der Waals surface area contributed by atoms with Gasteiger partial charge in [-0.15, -0.1) is 11.3 Å². The van der Waals surface area contributed by atoms with Crippen LogP contribution in [0.2, 0.25) is 0 Å². The summed E-state index contributed by atoms with van der Waals surface area (Å²) in [5.41, 5.74) is 6.57. The van der Waals surface area contributed by atoms with Crippen LogP contribution in [0.3, 0.4) is 0 Å². The Morgan fingerprint density at radius 2 is 2.00 bits per heavy atom. The molecule has 4 rings (SSSR count). The van der Waals surface area contributed by atoms with E-state index < -0.39 is 11.8 Å². The third kappa shape index (κ3) is 4.11. The van der Waals surface area contributed by atoms with Gasteiger partial charge in [-0.05, 0) is 23.8 Å². The molecule has 0 aliphatic carbocycles. The van der Waals surface area contributed by atoms with Gasteiger partial charge in [-0.25, -0.2) is 14.9 Å². The first-order valence-electron chi connectivity index (χ1n) is 8.97. The van der Waals surface area contributed by atoms with E-state index in [4.69, 9.17) is 5.73 Å². The Bertz CT molecular complexity index is 1240. The van der Waals surface area contributed by atoms with Crippen molar-refractivity contribution >= 4 is 11.3 Å². The van der Waals surface area contributed by atoms with Crippen molar-refractivity contribution in [2.75, 3.05) is 6.54 Å². The van der Waals surface area contributed by atoms with Gasteiger partial charge in [-0.3, -0.25) is 9.67 Å². The monoisotopic (exact) mass is 429 g/mol. The standard InChI is InChI=1S/C19H17F2N7OS/c20-17(21)13(8-22)7-16-25-27-19(29)28(16)9-14-4-5-15(30-14)11-2-1-3-12(6-11)18-23-10-24-26-18/h1-6,10H,7-9,22H2,(H,27,29)(H,23,24,26). The van der Waals surface area contributed by atoms with Gasteiger partial charge in [0.05, 0.1) is 6.54 Å². The highest BCUT2D eigenvalue weighted by atomic mass is 32.1. The molecule has 0 aliphatic heterocycles. The molecule has 3 heterocycles. The summed E-state index contributed by atoms with van der Waals surface area (Å²) in [4.78, 5) is 18.2. The highest BCUT2D eigenvalue weighted by Crippen LogP contribution is 2.31. The third-order valence-electron chi connectivity index (χ3n) is 4.53. The van der Waals surface area contributed by atoms with Gasteiger partial charge in [0.15, 0.2) is 5.82 Å². The van der Waals surface area contributed by atoms with Crippen LogP contribution in [0.4, 0.5) is 8.78 Å². The average molecular weight is 429 g/mol. The second-order valence-corrected chi connectivity index (χ2v) is 7.63. The Kier molecular flexibility index (Phi) is 5.63. The fourth-order valence-electron chi connectivity index (χ4n) is 2.99. The van der Waals surface area contributed by atoms with E-state index >= 15 is 0 Å². The Morgan fingerprint density at radius 1 is 1.17 bits per heavy atom. The van der Waals surface area contributed by atoms with E-state index in [1.807, 2.05) is 36.4 Å². The zero-order chi connectivity index (χ0) is 21.1. The van der Waals surface area contributed by atoms with Crippen LogP contribution in [0.1, 0.15) is 10.7 Å². The van der Waals surface area contributed by atoms with Crippen LogP contribution >= 0.6 is 11.3 Å². The molecule has 0 saturated carbocycles. The summed E-state index contributed by atoms with van der Waals surface area (Å²) in [6.07, 6.45) is -0.579. The van der Waals surface area contributed by atoms with Gasteiger partial charge in [-0.1, -0.05) is 18.2 Å². The van der Waals surface area contributed by atoms with E-state index in [1.165, 1.54) is 22.2 Å². The molecule has 154 valence electrons. The quantitative estimate of drug-likeness (QED) is 0.417. The molecule has 4 aromatic rings. The highest BCUT2D eigenvalue weighted by Gasteiger charge is 2.15. The van der Waals surface area contributed by atoms with E-state index in [-0.39, 0.29) is 30.9 Å². The van der Waals surface area contributed by atoms with Gasteiger partial charge < -0.3 is 5.73 Å². The number of nitrogens with one attached hydrogen (secondary N) is 2. The van der Waals surface area contributed by atoms with Crippen LogP contribution in [-0.4, -0.2) is 36.5 Å². The summed E-state index contributed by atoms with van der Waals surface area (Å²) >= 11 is 1.51. The van der Waals surface area contributed by atoms with Crippen LogP contribution in [0.5, 0.6) is 0 Å². The number of aromatic amines is 2. The van der Waals surface area contributed by atoms with E-state index in [0.29, 0.717) is 5.82 Å². The third-order valence-corrected chi connectivity index (χ3v) is 5.65. The lowest BCUT2D eigenvalue weighted by molar-refractivity contribution is 0.407. The van der Waals surface area contributed by atoms with E-state index in [2.05, 4.69) is 25.4 Å². The number of hydrogen-bond acceptors (Lipinski definition) is 6. The van der Waals surface area contributed by atoms with Crippen molar-refractivity contribution in [3.63, 3.8) is 0 Å². The number of thiophene rings is 1. The molecule has 0 unspecified atom stereocenters. The van der Waals surface area contributed by atoms with Crippen LogP contribution in [0, 0.1) is 0 Å². The number of aromatic nitrogens is 6. The fourth-order valence-corrected chi connectivity index (χ4v) is 3.99. The maximum Gasteiger partial charge on any atom is 0.343 e. The lowest BCUT2D eigenvalue weighted by Gasteiger charge is -2.06. The zero-order valence-corrected chi connectivity index (χ0v) is 16.4. The SMILES string of the molecule is NCC(Cc1n[nH]c(=O)n1Cc1ccc(-c2cccc(-c3ncn[nH]3)c2)s1)=C(F)F. The summed E-state index contributed by atoms with van der Waals surface area (Å²) in [6, 6.07) is 11.7. The summed E-state index contributed by atoms with van der Waals surface area (Å²) in [5.74, 6) is 0.891. The Hall–Kier alpha value is -3.44. The normalized spacial score (nSPS) is 11.0. The lowest BCUT2D eigenvalue weighted by atomic mass is 10.1. The number of nitrogens with two attached hydrogens (primary N) is 1. The van der Waals surface area contributed by atoms with Crippen LogP contribution in [0.15, 0.2) is 59.2 Å². The maximum atomic E-state index is 12.9. The lowest BCUT2D eigenvalue weighted by Crippen LogP contribution is -2.20. The van der Waals surface area contributed by atoms with Crippen LogP contribution in [-0.2, 0) is 13.0 Å². The highest BCUT2D eigenvalue weighted by molar-refractivity contribution is 7.15. The molecule has 0 bridgehead atoms. The first-order valence-corrected chi connectivity index (χ1v) is 9.79. The summed E-state index contributed by atoms with van der Waals surface area (Å²) in [5, 5.41) is 12.9. The molecular formula is C19H17F2N7OS. The molecule has 4 N–H and O–H groups in total. The molecule has 11 heteroatoms. The Balaban J connectivity index is 1.58. The van der Waals surface area contributed by atoms with Gasteiger partial charge >= 0.3 is 5.69 Å². The first kappa shape index (κ1) is 19.9. The molecule has 0 fully saturated rings. The number of nitrogens with zero attached hydrogens (tertiary/aromatic N) is 4. The van der Waals surface area contributed by atoms with E-state index in [9.17, 15) is 13.6 Å². The van der Waals surface area contributed by atoms with Gasteiger partial charge in [0.2, 0.25) is 0 Å². The minimum atomic E-state index is -1.84. The molecule has 8 nitrogen and oxygen atoms in total. The predicted octanol–water partition coefficient (Wildman–Crippen LogP) is 2.79. The summed E-state index contributed by atoms with van der Waals surface area (Å²) in [6.45, 7) is -0.0725. The van der Waals surface area contributed by atoms with Crippen molar-refractivity contribution in [1.29, 1.82) is 0 Å². The van der Waals surface area contributed by atoms with Crippen LogP contribution in [0.25, 0.3) is 21.8 Å².